The molecule has 1 unspecified atom stereocenters. The molecule has 0 aliphatic rings. The molecular weight excluding hydrogens is 339 g/mol. The number of hydrogen-bond acceptors (Lipinski definition) is 2. The molecule has 0 bridgehead atoms. The Morgan fingerprint density at radius 2 is 1.94 bits per heavy atom. The van der Waals surface area contributed by atoms with Crippen LogP contribution < -0.4 is 4.74 Å². The van der Waals surface area contributed by atoms with E-state index in [-0.39, 0.29) is 6.10 Å². The molecule has 1 rings (SSSR count). The van der Waals surface area contributed by atoms with Crippen LogP contribution in [0, 0.1) is 0 Å². The lowest BCUT2D eigenvalue weighted by Gasteiger charge is -2.15. The Hall–Kier alpha value is -0.550. The molecule has 0 aliphatic carbocycles. The predicted molar refractivity (Wildman–Crippen MR) is 84.6 cm³/mol. The van der Waals surface area contributed by atoms with Crippen molar-refractivity contribution < 1.29 is 9.47 Å². The summed E-state index contributed by atoms with van der Waals surface area (Å²) in [6.45, 7) is 2.86. The first-order valence-electron chi connectivity index (χ1n) is 6.28. The molecule has 0 saturated carbocycles. The van der Waals surface area contributed by atoms with E-state index < -0.39 is 0 Å². The summed E-state index contributed by atoms with van der Waals surface area (Å²) in [5.74, 6) is 0.883. The largest absolute Gasteiger partial charge is 0.497 e. The third-order valence-electron chi connectivity index (χ3n) is 2.64. The van der Waals surface area contributed by atoms with Crippen LogP contribution in [0.25, 0.3) is 0 Å². The minimum absolute atomic E-state index is 0.155. The van der Waals surface area contributed by atoms with Gasteiger partial charge in [-0.3, -0.25) is 0 Å². The van der Waals surface area contributed by atoms with Gasteiger partial charge in [-0.15, -0.1) is 0 Å². The number of unbranched alkanes of at least 4 members (excludes halogenated alkanes) is 1. The van der Waals surface area contributed by atoms with Crippen LogP contribution in [0.2, 0.25) is 0 Å². The first kappa shape index (κ1) is 15.5. The van der Waals surface area contributed by atoms with Gasteiger partial charge >= 0.3 is 0 Å². The predicted octanol–water partition coefficient (Wildman–Crippen LogP) is 4.54. The topological polar surface area (TPSA) is 18.5 Å². The number of halogens is 1. The van der Waals surface area contributed by atoms with Crippen molar-refractivity contribution in [2.75, 3.05) is 18.1 Å². The molecule has 0 aromatic heterocycles. The van der Waals surface area contributed by atoms with Crippen LogP contribution in [-0.2, 0) is 4.74 Å². The van der Waals surface area contributed by atoms with Gasteiger partial charge in [-0.05, 0) is 24.1 Å². The Kier molecular flexibility index (Phi) is 8.09. The Labute approximate surface area is 124 Å². The number of allylic oxidation sites excluding steroid dienone is 1. The van der Waals surface area contributed by atoms with Gasteiger partial charge in [0.15, 0.2) is 0 Å². The number of alkyl halides is 1. The normalized spacial score (nSPS) is 12.8. The molecule has 0 fully saturated rings. The summed E-state index contributed by atoms with van der Waals surface area (Å²) < 4.78 is 12.0. The molecule has 2 nitrogen and oxygen atoms in total. The van der Waals surface area contributed by atoms with E-state index in [1.165, 1.54) is 12.0 Å². The van der Waals surface area contributed by atoms with Crippen LogP contribution in [0.1, 0.15) is 31.4 Å². The number of rotatable bonds is 8. The van der Waals surface area contributed by atoms with E-state index in [4.69, 9.17) is 9.47 Å². The summed E-state index contributed by atoms with van der Waals surface area (Å²) >= 11 is 2.36. The van der Waals surface area contributed by atoms with Gasteiger partial charge in [0.25, 0.3) is 0 Å². The van der Waals surface area contributed by atoms with E-state index in [1.807, 2.05) is 12.1 Å². The van der Waals surface area contributed by atoms with Crippen molar-refractivity contribution in [1.29, 1.82) is 0 Å². The van der Waals surface area contributed by atoms with Gasteiger partial charge in [-0.25, -0.2) is 0 Å². The van der Waals surface area contributed by atoms with E-state index >= 15 is 0 Å². The van der Waals surface area contributed by atoms with E-state index in [2.05, 4.69) is 53.8 Å². The average Bonchev–Trinajstić information content (AvgIpc) is 2.43. The van der Waals surface area contributed by atoms with Gasteiger partial charge < -0.3 is 9.47 Å². The number of hydrogen-bond donors (Lipinski definition) is 0. The number of methoxy groups -OCH3 is 1. The maximum atomic E-state index is 5.86. The lowest BCUT2D eigenvalue weighted by molar-refractivity contribution is 0.0942. The summed E-state index contributed by atoms with van der Waals surface area (Å²) in [6, 6.07) is 8.09. The van der Waals surface area contributed by atoms with Crippen LogP contribution in [0.4, 0.5) is 0 Å². The van der Waals surface area contributed by atoms with Crippen molar-refractivity contribution >= 4 is 22.6 Å². The quantitative estimate of drug-likeness (QED) is 0.385. The number of ether oxygens (including phenoxy) is 2. The van der Waals surface area contributed by atoms with Crippen LogP contribution in [-0.4, -0.2) is 18.1 Å². The average molecular weight is 360 g/mol. The van der Waals surface area contributed by atoms with Crippen LogP contribution in [0.15, 0.2) is 36.4 Å². The van der Waals surface area contributed by atoms with Crippen molar-refractivity contribution in [3.8, 4) is 5.75 Å². The van der Waals surface area contributed by atoms with Gasteiger partial charge in [0.2, 0.25) is 0 Å². The maximum Gasteiger partial charge on any atom is 0.118 e. The SMILES string of the molecule is CCC/C=C/COC(CI)c1ccc(OC)cc1. The fraction of sp³-hybridized carbons (Fsp3) is 0.467. The highest BCUT2D eigenvalue weighted by Crippen LogP contribution is 2.22. The standard InChI is InChI=1S/C15H21IO2/c1-3-4-5-6-11-18-15(12-16)13-7-9-14(17-2)10-8-13/h5-10,15H,3-4,11-12H2,1-2H3/b6-5+. The molecule has 0 N–H and O–H groups in total. The Bertz CT molecular complexity index is 346. The molecule has 3 heteroatoms. The zero-order chi connectivity index (χ0) is 13.2. The zero-order valence-corrected chi connectivity index (χ0v) is 13.2. The van der Waals surface area contributed by atoms with Crippen molar-refractivity contribution in [3.05, 3.63) is 42.0 Å². The molecule has 0 saturated heterocycles. The highest BCUT2D eigenvalue weighted by Gasteiger charge is 2.09. The van der Waals surface area contributed by atoms with Crippen molar-refractivity contribution in [1.82, 2.24) is 0 Å². The second-order valence-corrected chi connectivity index (χ2v) is 4.89. The van der Waals surface area contributed by atoms with E-state index in [0.29, 0.717) is 6.61 Å². The highest BCUT2D eigenvalue weighted by molar-refractivity contribution is 14.1. The fourth-order valence-corrected chi connectivity index (χ4v) is 2.34. The van der Waals surface area contributed by atoms with E-state index in [9.17, 15) is 0 Å². The minimum Gasteiger partial charge on any atom is -0.497 e. The highest BCUT2D eigenvalue weighted by atomic mass is 127. The van der Waals surface area contributed by atoms with Gasteiger partial charge in [-0.1, -0.05) is 60.2 Å². The molecule has 1 aromatic carbocycles. The maximum absolute atomic E-state index is 5.86. The molecular formula is C15H21IO2. The van der Waals surface area contributed by atoms with E-state index in [0.717, 1.165) is 16.6 Å². The van der Waals surface area contributed by atoms with Crippen molar-refractivity contribution in [2.45, 2.75) is 25.9 Å². The van der Waals surface area contributed by atoms with Gasteiger partial charge in [0.1, 0.15) is 5.75 Å². The molecule has 0 amide bonds. The Balaban J connectivity index is 2.48. The molecule has 100 valence electrons. The first-order valence-corrected chi connectivity index (χ1v) is 7.80. The van der Waals surface area contributed by atoms with Crippen LogP contribution >= 0.6 is 22.6 Å². The van der Waals surface area contributed by atoms with Crippen molar-refractivity contribution in [3.63, 3.8) is 0 Å². The molecule has 0 heterocycles. The zero-order valence-electron chi connectivity index (χ0n) is 11.1. The van der Waals surface area contributed by atoms with Gasteiger partial charge in [0.05, 0.1) is 19.8 Å². The summed E-state index contributed by atoms with van der Waals surface area (Å²) in [4.78, 5) is 0. The van der Waals surface area contributed by atoms with Crippen molar-refractivity contribution in [2.24, 2.45) is 0 Å². The second kappa shape index (κ2) is 9.39. The summed E-state index contributed by atoms with van der Waals surface area (Å²) in [5, 5.41) is 0. The lowest BCUT2D eigenvalue weighted by Crippen LogP contribution is -2.05. The summed E-state index contributed by atoms with van der Waals surface area (Å²) in [6.07, 6.45) is 6.75. The smallest absolute Gasteiger partial charge is 0.118 e. The van der Waals surface area contributed by atoms with Crippen LogP contribution in [0.5, 0.6) is 5.75 Å². The number of benzene rings is 1. The first-order chi connectivity index (χ1) is 8.81. The lowest BCUT2D eigenvalue weighted by atomic mass is 10.1. The van der Waals surface area contributed by atoms with Gasteiger partial charge in [-0.2, -0.15) is 0 Å². The van der Waals surface area contributed by atoms with E-state index in [1.54, 1.807) is 7.11 Å². The third-order valence-corrected chi connectivity index (χ3v) is 3.44. The molecule has 0 radical (unpaired) electrons. The summed E-state index contributed by atoms with van der Waals surface area (Å²) in [5.41, 5.74) is 1.20. The summed E-state index contributed by atoms with van der Waals surface area (Å²) in [7, 11) is 1.68. The van der Waals surface area contributed by atoms with Crippen LogP contribution in [0.3, 0.4) is 0 Å². The second-order valence-electron chi connectivity index (χ2n) is 4.01. The Morgan fingerprint density at radius 1 is 1.22 bits per heavy atom. The van der Waals surface area contributed by atoms with Gasteiger partial charge in [0, 0.05) is 4.43 Å². The molecule has 0 spiro atoms. The Morgan fingerprint density at radius 3 is 2.50 bits per heavy atom. The fourth-order valence-electron chi connectivity index (χ4n) is 1.57. The molecule has 18 heavy (non-hydrogen) atoms. The molecule has 1 aromatic rings. The molecule has 0 aliphatic heterocycles. The third kappa shape index (κ3) is 5.40. The molecule has 1 atom stereocenters. The monoisotopic (exact) mass is 360 g/mol. The minimum atomic E-state index is 0.155.